The lowest BCUT2D eigenvalue weighted by molar-refractivity contribution is 0.0295. The van der Waals surface area contributed by atoms with E-state index in [2.05, 4.69) is 0 Å². The first-order valence-corrected chi connectivity index (χ1v) is 8.55. The average molecular weight is 390 g/mol. The van der Waals surface area contributed by atoms with E-state index in [-0.39, 0.29) is 33.2 Å². The highest BCUT2D eigenvalue weighted by Crippen LogP contribution is 2.41. The molecule has 0 saturated carbocycles. The van der Waals surface area contributed by atoms with Crippen molar-refractivity contribution in [1.82, 2.24) is 0 Å². The van der Waals surface area contributed by atoms with Gasteiger partial charge in [0.05, 0.1) is 5.56 Å². The molecule has 0 aliphatic heterocycles. The molecule has 0 saturated heterocycles. The Bertz CT molecular complexity index is 1170. The molecule has 2 N–H and O–H groups in total. The van der Waals surface area contributed by atoms with E-state index in [4.69, 9.17) is 4.42 Å². The van der Waals surface area contributed by atoms with Crippen LogP contribution in [-0.2, 0) is 0 Å². The van der Waals surface area contributed by atoms with Gasteiger partial charge in [-0.2, -0.15) is 0 Å². The van der Waals surface area contributed by atoms with Gasteiger partial charge in [0.15, 0.2) is 11.4 Å². The molecular weight excluding hydrogens is 376 g/mol. The first kappa shape index (κ1) is 18.7. The number of hydrogen-bond donors (Lipinski definition) is 2. The third-order valence-electron chi connectivity index (χ3n) is 4.48. The minimum Gasteiger partial charge on any atom is -0.769 e. The Morgan fingerprint density at radius 3 is 2.10 bits per heavy atom. The quantitative estimate of drug-likeness (QED) is 0.371. The number of rotatable bonds is 5. The molecule has 0 atom stereocenters. The Hall–Kier alpha value is -3.69. The summed E-state index contributed by atoms with van der Waals surface area (Å²) in [6.07, 6.45) is 0. The van der Waals surface area contributed by atoms with Crippen molar-refractivity contribution in [2.24, 2.45) is 0 Å². The summed E-state index contributed by atoms with van der Waals surface area (Å²) in [5.41, 5.74) is 0.217. The smallest absolute Gasteiger partial charge is 0.197 e. The highest BCUT2D eigenvalue weighted by molar-refractivity contribution is 6.21. The molecule has 0 amide bonds. The zero-order valence-electron chi connectivity index (χ0n) is 14.9. The summed E-state index contributed by atoms with van der Waals surface area (Å²) in [4.78, 5) is 13.3. The number of ketones is 1. The van der Waals surface area contributed by atoms with Crippen molar-refractivity contribution in [1.29, 1.82) is 0 Å². The molecule has 0 aliphatic rings. The number of furan rings is 1. The van der Waals surface area contributed by atoms with E-state index in [9.17, 15) is 25.6 Å². The van der Waals surface area contributed by atoms with Gasteiger partial charge in [-0.1, -0.05) is 60.7 Å². The van der Waals surface area contributed by atoms with Gasteiger partial charge >= 0.3 is 0 Å². The lowest BCUT2D eigenvalue weighted by Gasteiger charge is -2.37. The van der Waals surface area contributed by atoms with Crippen LogP contribution in [0.4, 0.5) is 11.4 Å². The minimum atomic E-state index is -0.682. The summed E-state index contributed by atoms with van der Waals surface area (Å²) in [5.74, 6) is -0.227. The van der Waals surface area contributed by atoms with Crippen LogP contribution in [0.25, 0.3) is 22.3 Å². The summed E-state index contributed by atoms with van der Waals surface area (Å²) in [5, 5.41) is 41.0. The fraction of sp³-hybridized carbons (Fsp3) is 0. The van der Waals surface area contributed by atoms with Gasteiger partial charge in [-0.05, 0) is 12.1 Å². The van der Waals surface area contributed by atoms with E-state index in [1.165, 1.54) is 6.07 Å². The Morgan fingerprint density at radius 2 is 1.52 bits per heavy atom. The first-order valence-electron chi connectivity index (χ1n) is 8.55. The van der Waals surface area contributed by atoms with Crippen molar-refractivity contribution < 1.29 is 19.6 Å². The van der Waals surface area contributed by atoms with Gasteiger partial charge in [0.25, 0.3) is 0 Å². The molecule has 29 heavy (non-hydrogen) atoms. The summed E-state index contributed by atoms with van der Waals surface area (Å²) < 4.78 is 5.85. The van der Waals surface area contributed by atoms with Gasteiger partial charge in [-0.25, -0.2) is 0 Å². The average Bonchev–Trinajstić information content (AvgIpc) is 3.13. The molecule has 146 valence electrons. The summed E-state index contributed by atoms with van der Waals surface area (Å²) in [6.45, 7) is 0. The van der Waals surface area contributed by atoms with Crippen molar-refractivity contribution in [3.8, 4) is 11.3 Å². The van der Waals surface area contributed by atoms with Gasteiger partial charge in [0.1, 0.15) is 11.4 Å². The fourth-order valence-corrected chi connectivity index (χ4v) is 3.17. The lowest BCUT2D eigenvalue weighted by atomic mass is 9.97. The van der Waals surface area contributed by atoms with Crippen molar-refractivity contribution in [3.63, 3.8) is 0 Å². The maximum Gasteiger partial charge on any atom is 0.197 e. The van der Waals surface area contributed by atoms with Gasteiger partial charge in [0, 0.05) is 22.2 Å². The number of anilines is 2. The van der Waals surface area contributed by atoms with E-state index >= 15 is 0 Å². The second kappa shape index (κ2) is 7.38. The molecular formula is C21H14N2O6-2. The molecule has 4 rings (SSSR count). The van der Waals surface area contributed by atoms with Crippen molar-refractivity contribution >= 4 is 28.1 Å². The Labute approximate surface area is 164 Å². The van der Waals surface area contributed by atoms with Crippen LogP contribution in [0, 0.1) is 10.4 Å². The molecule has 8 heteroatoms. The second-order valence-corrected chi connectivity index (χ2v) is 6.26. The molecule has 0 fully saturated rings. The molecule has 0 spiro atoms. The lowest BCUT2D eigenvalue weighted by Crippen LogP contribution is -2.13. The van der Waals surface area contributed by atoms with Crippen LogP contribution in [0.5, 0.6) is 0 Å². The first-order chi connectivity index (χ1) is 14.0. The molecule has 8 nitrogen and oxygen atoms in total. The largest absolute Gasteiger partial charge is 0.769 e. The third-order valence-corrected chi connectivity index (χ3v) is 4.48. The van der Waals surface area contributed by atoms with Gasteiger partial charge in [-0.15, -0.1) is 5.23 Å². The molecule has 0 unspecified atom stereocenters. The van der Waals surface area contributed by atoms with E-state index in [0.717, 1.165) is 6.07 Å². The minimum absolute atomic E-state index is 0.0567. The number of fused-ring (bicyclic) bond motifs is 1. The predicted molar refractivity (Wildman–Crippen MR) is 107 cm³/mol. The van der Waals surface area contributed by atoms with Crippen LogP contribution in [0.3, 0.4) is 0 Å². The van der Waals surface area contributed by atoms with Crippen LogP contribution in [0.2, 0.25) is 0 Å². The summed E-state index contributed by atoms with van der Waals surface area (Å²) in [6, 6.07) is 19.3. The Kier molecular flexibility index (Phi) is 4.75. The van der Waals surface area contributed by atoms with E-state index < -0.39 is 16.7 Å². The van der Waals surface area contributed by atoms with E-state index in [1.54, 1.807) is 60.7 Å². The molecule has 0 bridgehead atoms. The van der Waals surface area contributed by atoms with Crippen molar-refractivity contribution in [2.45, 2.75) is 0 Å². The topological polar surface area (TPSA) is 123 Å². The number of carbonyl (C=O) groups is 1. The molecule has 3 aromatic carbocycles. The standard InChI is InChI=1S/C21H14N2O6/c24-19(13-7-3-1-4-8-13)18-16-11-15(22(25)26)12-17(23(27)28)21(16)29-20(18)14-9-5-2-6-10-14/h1-12,27-28H/q-2. The predicted octanol–water partition coefficient (Wildman–Crippen LogP) is 4.72. The normalized spacial score (nSPS) is 10.9. The Morgan fingerprint density at radius 1 is 0.897 bits per heavy atom. The SMILES string of the molecule is O=C(c1ccccc1)c1c(-c2ccccc2)oc2c(N(O)O)cc(N([O-])[O-])cc12. The summed E-state index contributed by atoms with van der Waals surface area (Å²) in [7, 11) is 0. The highest BCUT2D eigenvalue weighted by atomic mass is 16.8. The zero-order chi connectivity index (χ0) is 20.5. The van der Waals surface area contributed by atoms with Gasteiger partial charge in [-0.3, -0.25) is 15.2 Å². The van der Waals surface area contributed by atoms with Gasteiger partial charge in [0.2, 0.25) is 0 Å². The zero-order valence-corrected chi connectivity index (χ0v) is 14.9. The molecule has 1 aromatic heterocycles. The van der Waals surface area contributed by atoms with Crippen molar-refractivity contribution in [2.75, 3.05) is 10.5 Å². The van der Waals surface area contributed by atoms with Crippen LogP contribution in [0.15, 0.2) is 77.2 Å². The molecule has 0 radical (unpaired) electrons. The van der Waals surface area contributed by atoms with Crippen LogP contribution in [-0.4, -0.2) is 16.2 Å². The number of carbonyl (C=O) groups excluding carboxylic acids is 1. The molecule has 1 heterocycles. The third kappa shape index (κ3) is 3.33. The van der Waals surface area contributed by atoms with Crippen molar-refractivity contribution in [3.05, 3.63) is 94.3 Å². The van der Waals surface area contributed by atoms with E-state index in [0.29, 0.717) is 11.1 Å². The van der Waals surface area contributed by atoms with Crippen LogP contribution < -0.4 is 10.5 Å². The number of benzene rings is 3. The van der Waals surface area contributed by atoms with Gasteiger partial charge < -0.3 is 20.1 Å². The highest BCUT2D eigenvalue weighted by Gasteiger charge is 2.26. The van der Waals surface area contributed by atoms with E-state index in [1.807, 2.05) is 0 Å². The Balaban J connectivity index is 2.08. The molecule has 0 aliphatic carbocycles. The maximum absolute atomic E-state index is 13.3. The second-order valence-electron chi connectivity index (χ2n) is 6.26. The van der Waals surface area contributed by atoms with Crippen LogP contribution >= 0.6 is 0 Å². The maximum atomic E-state index is 13.3. The van der Waals surface area contributed by atoms with Crippen LogP contribution in [0.1, 0.15) is 15.9 Å². The number of hydrogen-bond acceptors (Lipinski definition) is 8. The summed E-state index contributed by atoms with van der Waals surface area (Å²) >= 11 is 0. The molecule has 4 aromatic rings. The monoisotopic (exact) mass is 390 g/mol. The fourth-order valence-electron chi connectivity index (χ4n) is 3.17. The number of nitrogens with zero attached hydrogens (tertiary/aromatic N) is 2.